The van der Waals surface area contributed by atoms with Gasteiger partial charge in [0.05, 0.1) is 5.92 Å². The molecule has 2 amide bonds. The number of amides is 2. The molecular formula is C15H20N2O3. The summed E-state index contributed by atoms with van der Waals surface area (Å²) in [4.78, 5) is 24.8. The summed E-state index contributed by atoms with van der Waals surface area (Å²) in [5.41, 5.74) is 2.91. The Bertz CT molecular complexity index is 542. The predicted molar refractivity (Wildman–Crippen MR) is 76.8 cm³/mol. The molecule has 1 heterocycles. The first kappa shape index (κ1) is 14.4. The van der Waals surface area contributed by atoms with Gasteiger partial charge < -0.3 is 15.3 Å². The lowest BCUT2D eigenvalue weighted by Gasteiger charge is -2.18. The molecule has 20 heavy (non-hydrogen) atoms. The van der Waals surface area contributed by atoms with Crippen LogP contribution in [-0.2, 0) is 4.79 Å². The summed E-state index contributed by atoms with van der Waals surface area (Å²) in [7, 11) is 0. The Kier molecular flexibility index (Phi) is 3.97. The van der Waals surface area contributed by atoms with Crippen molar-refractivity contribution in [2.75, 3.05) is 18.4 Å². The molecule has 1 fully saturated rings. The highest BCUT2D eigenvalue weighted by Crippen LogP contribution is 2.24. The smallest absolute Gasteiger partial charge is 0.321 e. The van der Waals surface area contributed by atoms with E-state index in [2.05, 4.69) is 5.32 Å². The maximum absolute atomic E-state index is 12.2. The number of carbonyl (C=O) groups excluding carboxylic acids is 1. The molecule has 2 rings (SSSR count). The van der Waals surface area contributed by atoms with E-state index in [0.29, 0.717) is 6.54 Å². The zero-order chi connectivity index (χ0) is 14.9. The number of rotatable bonds is 2. The standard InChI is InChI=1S/C15H20N2O3/c1-9-4-5-13(10(2)6-9)16-15(20)17-7-11(3)12(8-17)14(18)19/h4-6,11-12H,7-8H2,1-3H3,(H,16,20)(H,18,19)/t11-,12-/m1/s1. The number of carboxylic acids is 1. The van der Waals surface area contributed by atoms with E-state index in [-0.39, 0.29) is 18.5 Å². The van der Waals surface area contributed by atoms with Crippen LogP contribution < -0.4 is 5.32 Å². The fraction of sp³-hybridized carbons (Fsp3) is 0.467. The van der Waals surface area contributed by atoms with E-state index in [9.17, 15) is 9.59 Å². The molecule has 1 aliphatic rings. The zero-order valence-corrected chi connectivity index (χ0v) is 12.0. The molecule has 108 valence electrons. The first-order valence-electron chi connectivity index (χ1n) is 6.74. The van der Waals surface area contributed by atoms with Crippen LogP contribution in [0.25, 0.3) is 0 Å². The highest BCUT2D eigenvalue weighted by atomic mass is 16.4. The Morgan fingerprint density at radius 1 is 1.30 bits per heavy atom. The quantitative estimate of drug-likeness (QED) is 0.872. The van der Waals surface area contributed by atoms with Crippen molar-refractivity contribution in [1.82, 2.24) is 4.90 Å². The van der Waals surface area contributed by atoms with Crippen molar-refractivity contribution in [2.45, 2.75) is 20.8 Å². The second-order valence-corrected chi connectivity index (χ2v) is 5.58. The van der Waals surface area contributed by atoms with Gasteiger partial charge in [0.2, 0.25) is 0 Å². The summed E-state index contributed by atoms with van der Waals surface area (Å²) in [6, 6.07) is 5.58. The van der Waals surface area contributed by atoms with Gasteiger partial charge in [-0.05, 0) is 31.4 Å². The van der Waals surface area contributed by atoms with Crippen LogP contribution >= 0.6 is 0 Å². The number of likely N-dealkylation sites (tertiary alicyclic amines) is 1. The van der Waals surface area contributed by atoms with E-state index in [1.54, 1.807) is 4.90 Å². The molecule has 2 N–H and O–H groups in total. The average Bonchev–Trinajstić information content (AvgIpc) is 2.75. The van der Waals surface area contributed by atoms with E-state index in [4.69, 9.17) is 5.11 Å². The predicted octanol–water partition coefficient (Wildman–Crippen LogP) is 2.49. The van der Waals surface area contributed by atoms with Crippen LogP contribution in [0.4, 0.5) is 10.5 Å². The summed E-state index contributed by atoms with van der Waals surface area (Å²) >= 11 is 0. The van der Waals surface area contributed by atoms with Gasteiger partial charge in [0.1, 0.15) is 0 Å². The van der Waals surface area contributed by atoms with E-state index in [1.165, 1.54) is 0 Å². The molecule has 5 heteroatoms. The van der Waals surface area contributed by atoms with Crippen LogP contribution in [0.5, 0.6) is 0 Å². The van der Waals surface area contributed by atoms with Gasteiger partial charge in [-0.3, -0.25) is 4.79 Å². The largest absolute Gasteiger partial charge is 0.481 e. The molecule has 0 spiro atoms. The number of aryl methyl sites for hydroxylation is 2. The highest BCUT2D eigenvalue weighted by Gasteiger charge is 2.36. The van der Waals surface area contributed by atoms with Crippen molar-refractivity contribution in [3.63, 3.8) is 0 Å². The molecule has 0 saturated carbocycles. The van der Waals surface area contributed by atoms with Gasteiger partial charge in [-0.25, -0.2) is 4.79 Å². The lowest BCUT2D eigenvalue weighted by molar-refractivity contribution is -0.142. The van der Waals surface area contributed by atoms with E-state index >= 15 is 0 Å². The van der Waals surface area contributed by atoms with E-state index in [0.717, 1.165) is 16.8 Å². The number of hydrogen-bond donors (Lipinski definition) is 2. The third-order valence-corrected chi connectivity index (χ3v) is 3.84. The van der Waals surface area contributed by atoms with Crippen LogP contribution in [0, 0.1) is 25.7 Å². The molecule has 1 aromatic carbocycles. The maximum Gasteiger partial charge on any atom is 0.321 e. The van der Waals surface area contributed by atoms with Gasteiger partial charge in [-0.1, -0.05) is 24.6 Å². The monoisotopic (exact) mass is 276 g/mol. The SMILES string of the molecule is Cc1ccc(NC(=O)N2C[C@@H](C)[C@H](C(=O)O)C2)c(C)c1. The fourth-order valence-corrected chi connectivity index (χ4v) is 2.60. The first-order valence-corrected chi connectivity index (χ1v) is 6.74. The lowest BCUT2D eigenvalue weighted by atomic mass is 9.99. The molecule has 0 bridgehead atoms. The number of urea groups is 1. The van der Waals surface area contributed by atoms with Gasteiger partial charge in [0.15, 0.2) is 0 Å². The molecule has 1 aliphatic heterocycles. The molecule has 0 unspecified atom stereocenters. The summed E-state index contributed by atoms with van der Waals surface area (Å²) in [6.07, 6.45) is 0. The number of carbonyl (C=O) groups is 2. The number of anilines is 1. The molecule has 0 aromatic heterocycles. The minimum atomic E-state index is -0.834. The molecule has 0 aliphatic carbocycles. The third-order valence-electron chi connectivity index (χ3n) is 3.84. The van der Waals surface area contributed by atoms with Crippen LogP contribution in [-0.4, -0.2) is 35.1 Å². The Morgan fingerprint density at radius 2 is 2.00 bits per heavy atom. The first-order chi connectivity index (χ1) is 9.38. The van der Waals surface area contributed by atoms with Gasteiger partial charge in [-0.2, -0.15) is 0 Å². The minimum absolute atomic E-state index is 0.0163. The third kappa shape index (κ3) is 2.92. The zero-order valence-electron chi connectivity index (χ0n) is 12.0. The number of nitrogens with zero attached hydrogens (tertiary/aromatic N) is 1. The summed E-state index contributed by atoms with van der Waals surface area (Å²) < 4.78 is 0. The number of benzene rings is 1. The van der Waals surface area contributed by atoms with Crippen LogP contribution in [0.3, 0.4) is 0 Å². The molecule has 2 atom stereocenters. The van der Waals surface area contributed by atoms with Crippen molar-refractivity contribution in [2.24, 2.45) is 11.8 Å². The second kappa shape index (κ2) is 5.53. The van der Waals surface area contributed by atoms with Crippen molar-refractivity contribution in [1.29, 1.82) is 0 Å². The number of nitrogens with one attached hydrogen (secondary N) is 1. The summed E-state index contributed by atoms with van der Waals surface area (Å²) in [6.45, 7) is 6.55. The Labute approximate surface area is 118 Å². The van der Waals surface area contributed by atoms with Crippen LogP contribution in [0.15, 0.2) is 18.2 Å². The lowest BCUT2D eigenvalue weighted by Crippen LogP contribution is -2.34. The molecule has 0 radical (unpaired) electrons. The van der Waals surface area contributed by atoms with Gasteiger partial charge in [0, 0.05) is 18.8 Å². The Morgan fingerprint density at radius 3 is 2.55 bits per heavy atom. The maximum atomic E-state index is 12.2. The van der Waals surface area contributed by atoms with Crippen LogP contribution in [0.1, 0.15) is 18.1 Å². The number of hydrogen-bond acceptors (Lipinski definition) is 2. The number of carboxylic acid groups (broad SMARTS) is 1. The Balaban J connectivity index is 2.04. The van der Waals surface area contributed by atoms with E-state index in [1.807, 2.05) is 39.0 Å². The second-order valence-electron chi connectivity index (χ2n) is 5.58. The normalized spacial score (nSPS) is 21.9. The van der Waals surface area contributed by atoms with Gasteiger partial charge >= 0.3 is 12.0 Å². The molecule has 1 saturated heterocycles. The van der Waals surface area contributed by atoms with E-state index < -0.39 is 11.9 Å². The fourth-order valence-electron chi connectivity index (χ4n) is 2.60. The topological polar surface area (TPSA) is 69.6 Å². The van der Waals surface area contributed by atoms with Crippen molar-refractivity contribution in [3.8, 4) is 0 Å². The van der Waals surface area contributed by atoms with Crippen molar-refractivity contribution >= 4 is 17.7 Å². The molecular weight excluding hydrogens is 256 g/mol. The van der Waals surface area contributed by atoms with Crippen molar-refractivity contribution < 1.29 is 14.7 Å². The Hall–Kier alpha value is -2.04. The minimum Gasteiger partial charge on any atom is -0.481 e. The summed E-state index contributed by atoms with van der Waals surface area (Å²) in [5, 5.41) is 11.9. The van der Waals surface area contributed by atoms with Crippen molar-refractivity contribution in [3.05, 3.63) is 29.3 Å². The average molecular weight is 276 g/mol. The van der Waals surface area contributed by atoms with Gasteiger partial charge in [-0.15, -0.1) is 0 Å². The molecule has 5 nitrogen and oxygen atoms in total. The highest BCUT2D eigenvalue weighted by molar-refractivity contribution is 5.91. The molecule has 1 aromatic rings. The number of aliphatic carboxylic acids is 1. The van der Waals surface area contributed by atoms with Gasteiger partial charge in [0.25, 0.3) is 0 Å². The van der Waals surface area contributed by atoms with Crippen LogP contribution in [0.2, 0.25) is 0 Å². The summed E-state index contributed by atoms with van der Waals surface area (Å²) in [5.74, 6) is -1.32.